The molecule has 2 aromatic rings. The average molecular weight is 278 g/mol. The lowest BCUT2D eigenvalue weighted by Crippen LogP contribution is -2.52. The lowest BCUT2D eigenvalue weighted by Gasteiger charge is -2.23. The Balaban J connectivity index is 1.80. The third kappa shape index (κ3) is 2.19. The number of rotatable bonds is 5. The van der Waals surface area contributed by atoms with Crippen molar-refractivity contribution in [2.75, 3.05) is 5.75 Å². The van der Waals surface area contributed by atoms with Gasteiger partial charge in [0, 0.05) is 11.9 Å². The highest BCUT2D eigenvalue weighted by atomic mass is 32.2. The molecule has 0 spiro atoms. The summed E-state index contributed by atoms with van der Waals surface area (Å²) in [7, 11) is 0. The Morgan fingerprint density at radius 3 is 3.00 bits per heavy atom. The molecule has 3 N–H and O–H groups in total. The fraction of sp³-hybridized carbons (Fsp3) is 0.417. The first kappa shape index (κ1) is 12.4. The van der Waals surface area contributed by atoms with E-state index in [4.69, 9.17) is 5.73 Å². The normalized spacial score (nSPS) is 18.4. The first-order chi connectivity index (χ1) is 9.11. The molecule has 3 rings (SSSR count). The zero-order chi connectivity index (χ0) is 13.5. The van der Waals surface area contributed by atoms with E-state index in [-0.39, 0.29) is 5.92 Å². The molecule has 1 fully saturated rings. The van der Waals surface area contributed by atoms with Gasteiger partial charge >= 0.3 is 5.97 Å². The van der Waals surface area contributed by atoms with E-state index in [0.29, 0.717) is 10.9 Å². The van der Waals surface area contributed by atoms with Crippen molar-refractivity contribution >= 4 is 23.4 Å². The van der Waals surface area contributed by atoms with Crippen LogP contribution in [-0.4, -0.2) is 37.0 Å². The summed E-state index contributed by atoms with van der Waals surface area (Å²) in [5, 5.41) is 18.1. The quantitative estimate of drug-likeness (QED) is 0.793. The van der Waals surface area contributed by atoms with Crippen LogP contribution in [0.1, 0.15) is 12.8 Å². The number of fused-ring (bicyclic) bond motifs is 1. The van der Waals surface area contributed by atoms with Gasteiger partial charge in [-0.1, -0.05) is 17.8 Å². The highest BCUT2D eigenvalue weighted by Gasteiger charge is 2.48. The molecule has 1 saturated carbocycles. The highest BCUT2D eigenvalue weighted by Crippen LogP contribution is 2.40. The summed E-state index contributed by atoms with van der Waals surface area (Å²) in [6.45, 7) is 0. The number of hydrogen-bond donors (Lipinski definition) is 2. The topological polar surface area (TPSA) is 93.5 Å². The van der Waals surface area contributed by atoms with Gasteiger partial charge in [0.15, 0.2) is 10.8 Å². The van der Waals surface area contributed by atoms with E-state index in [2.05, 4.69) is 10.2 Å². The van der Waals surface area contributed by atoms with Crippen molar-refractivity contribution in [3.63, 3.8) is 0 Å². The van der Waals surface area contributed by atoms with Crippen molar-refractivity contribution < 1.29 is 9.90 Å². The van der Waals surface area contributed by atoms with E-state index in [1.807, 2.05) is 28.8 Å². The first-order valence-corrected chi connectivity index (χ1v) is 7.04. The summed E-state index contributed by atoms with van der Waals surface area (Å²) < 4.78 is 1.83. The maximum atomic E-state index is 11.3. The number of carbonyl (C=O) groups is 1. The summed E-state index contributed by atoms with van der Waals surface area (Å²) >= 11 is 1.34. The van der Waals surface area contributed by atoms with Crippen LogP contribution in [0.4, 0.5) is 0 Å². The van der Waals surface area contributed by atoms with Crippen LogP contribution in [0.25, 0.3) is 5.65 Å². The highest BCUT2D eigenvalue weighted by molar-refractivity contribution is 7.99. The number of aliphatic carboxylic acids is 1. The Labute approximate surface area is 114 Å². The van der Waals surface area contributed by atoms with Crippen LogP contribution in [0.5, 0.6) is 0 Å². The summed E-state index contributed by atoms with van der Waals surface area (Å²) in [4.78, 5) is 11.3. The van der Waals surface area contributed by atoms with Gasteiger partial charge in [0.1, 0.15) is 5.54 Å². The zero-order valence-electron chi connectivity index (χ0n) is 10.2. The second kappa shape index (κ2) is 4.50. The average Bonchev–Trinajstić information content (AvgIpc) is 3.18. The molecule has 6 nitrogen and oxygen atoms in total. The van der Waals surface area contributed by atoms with Crippen molar-refractivity contribution in [3.05, 3.63) is 24.4 Å². The number of carboxylic acids is 1. The molecule has 7 heteroatoms. The monoisotopic (exact) mass is 278 g/mol. The van der Waals surface area contributed by atoms with E-state index in [1.165, 1.54) is 11.8 Å². The third-order valence-corrected chi connectivity index (χ3v) is 4.59. The van der Waals surface area contributed by atoms with Crippen LogP contribution in [-0.2, 0) is 4.79 Å². The smallest absolute Gasteiger partial charge is 0.324 e. The van der Waals surface area contributed by atoms with Crippen LogP contribution in [0.2, 0.25) is 0 Å². The minimum atomic E-state index is -1.16. The second-order valence-corrected chi connectivity index (χ2v) is 5.76. The van der Waals surface area contributed by atoms with Crippen LogP contribution in [0.3, 0.4) is 0 Å². The predicted octanol–water partition coefficient (Wildman–Crippen LogP) is 1.01. The lowest BCUT2D eigenvalue weighted by atomic mass is 9.98. The standard InChI is InChI=1S/C12H14N4O2S/c13-12(10(17)18,8-4-5-8)7-19-11-15-14-9-3-1-2-6-16(9)11/h1-3,6,8H,4-5,7,13H2,(H,17,18). The molecule has 1 aliphatic carbocycles. The van der Waals surface area contributed by atoms with E-state index in [9.17, 15) is 9.90 Å². The molecule has 1 atom stereocenters. The SMILES string of the molecule is NC(CSc1nnc2ccccn12)(C(=O)O)C1CC1. The van der Waals surface area contributed by atoms with E-state index < -0.39 is 11.5 Å². The molecule has 0 aliphatic heterocycles. The molecule has 0 radical (unpaired) electrons. The van der Waals surface area contributed by atoms with E-state index in [0.717, 1.165) is 18.5 Å². The number of nitrogens with two attached hydrogens (primary N) is 1. The molecule has 0 saturated heterocycles. The molecule has 0 amide bonds. The summed E-state index contributed by atoms with van der Waals surface area (Å²) in [5.74, 6) is -0.545. The zero-order valence-corrected chi connectivity index (χ0v) is 11.0. The Morgan fingerprint density at radius 2 is 2.32 bits per heavy atom. The Kier molecular flexibility index (Phi) is 2.94. The molecular weight excluding hydrogens is 264 g/mol. The summed E-state index contributed by atoms with van der Waals surface area (Å²) in [6.07, 6.45) is 3.64. The van der Waals surface area contributed by atoms with Gasteiger partial charge in [0.25, 0.3) is 0 Å². The number of pyridine rings is 1. The van der Waals surface area contributed by atoms with Crippen molar-refractivity contribution in [2.24, 2.45) is 11.7 Å². The van der Waals surface area contributed by atoms with Gasteiger partial charge in [-0.25, -0.2) is 0 Å². The largest absolute Gasteiger partial charge is 0.480 e. The maximum absolute atomic E-state index is 11.3. The molecule has 2 aromatic heterocycles. The predicted molar refractivity (Wildman–Crippen MR) is 71.0 cm³/mol. The molecule has 2 heterocycles. The number of carboxylic acid groups (broad SMARTS) is 1. The first-order valence-electron chi connectivity index (χ1n) is 6.06. The maximum Gasteiger partial charge on any atom is 0.324 e. The fourth-order valence-corrected chi connectivity index (χ4v) is 3.17. The Morgan fingerprint density at radius 1 is 1.53 bits per heavy atom. The van der Waals surface area contributed by atoms with E-state index >= 15 is 0 Å². The van der Waals surface area contributed by atoms with Crippen molar-refractivity contribution in [2.45, 2.75) is 23.5 Å². The number of aromatic nitrogens is 3. The molecule has 0 aromatic carbocycles. The summed E-state index contributed by atoms with van der Waals surface area (Å²) in [6, 6.07) is 5.62. The minimum absolute atomic E-state index is 0.0803. The summed E-state index contributed by atoms with van der Waals surface area (Å²) in [5.41, 5.74) is 5.61. The fourth-order valence-electron chi connectivity index (χ4n) is 2.05. The van der Waals surface area contributed by atoms with Gasteiger partial charge < -0.3 is 10.8 Å². The molecule has 100 valence electrons. The number of hydrogen-bond acceptors (Lipinski definition) is 5. The van der Waals surface area contributed by atoms with E-state index in [1.54, 1.807) is 0 Å². The van der Waals surface area contributed by atoms with Gasteiger partial charge in [-0.3, -0.25) is 9.20 Å². The van der Waals surface area contributed by atoms with Gasteiger partial charge in [-0.15, -0.1) is 10.2 Å². The minimum Gasteiger partial charge on any atom is -0.480 e. The number of thioether (sulfide) groups is 1. The number of nitrogens with zero attached hydrogens (tertiary/aromatic N) is 3. The lowest BCUT2D eigenvalue weighted by molar-refractivity contribution is -0.143. The molecule has 0 bridgehead atoms. The van der Waals surface area contributed by atoms with Crippen LogP contribution < -0.4 is 5.73 Å². The van der Waals surface area contributed by atoms with Crippen molar-refractivity contribution in [3.8, 4) is 0 Å². The van der Waals surface area contributed by atoms with Crippen molar-refractivity contribution in [1.29, 1.82) is 0 Å². The molecule has 19 heavy (non-hydrogen) atoms. The van der Waals surface area contributed by atoms with Gasteiger partial charge in [0.2, 0.25) is 0 Å². The Hall–Kier alpha value is -1.60. The molecule has 1 aliphatic rings. The van der Waals surface area contributed by atoms with Crippen molar-refractivity contribution in [1.82, 2.24) is 14.6 Å². The van der Waals surface area contributed by atoms with Gasteiger partial charge in [0.05, 0.1) is 0 Å². The molecular formula is C12H14N4O2S. The van der Waals surface area contributed by atoms with Crippen LogP contribution in [0, 0.1) is 5.92 Å². The second-order valence-electron chi connectivity index (χ2n) is 4.82. The van der Waals surface area contributed by atoms with Crippen LogP contribution >= 0.6 is 11.8 Å². The van der Waals surface area contributed by atoms with Gasteiger partial charge in [-0.05, 0) is 30.9 Å². The van der Waals surface area contributed by atoms with Crippen LogP contribution in [0.15, 0.2) is 29.6 Å². The molecule has 1 unspecified atom stereocenters. The Bertz CT molecular complexity index is 625. The van der Waals surface area contributed by atoms with Gasteiger partial charge in [-0.2, -0.15) is 0 Å². The third-order valence-electron chi connectivity index (χ3n) is 3.43.